The summed E-state index contributed by atoms with van der Waals surface area (Å²) in [5, 5.41) is 16.8. The normalized spacial score (nSPS) is 10.3. The number of nitrogens with one attached hydrogen (secondary N) is 1. The zero-order valence-electron chi connectivity index (χ0n) is 16.6. The van der Waals surface area contributed by atoms with Crippen LogP contribution < -0.4 is 10.1 Å². The number of hydrogen-bond acceptors (Lipinski definition) is 6. The molecule has 0 saturated heterocycles. The van der Waals surface area contributed by atoms with Gasteiger partial charge in [0.05, 0.1) is 43.3 Å². The van der Waals surface area contributed by atoms with Gasteiger partial charge in [-0.2, -0.15) is 10.4 Å². The van der Waals surface area contributed by atoms with Crippen LogP contribution in [0.3, 0.4) is 0 Å². The molecule has 0 aliphatic rings. The number of rotatable bonds is 7. The first kappa shape index (κ1) is 20.0. The molecule has 0 fully saturated rings. The Hall–Kier alpha value is -3.79. The maximum atomic E-state index is 12.7. The Morgan fingerprint density at radius 2 is 1.86 bits per heavy atom. The monoisotopic (exact) mass is 390 g/mol. The number of hydrogen-bond donors (Lipinski definition) is 1. The van der Waals surface area contributed by atoms with Gasteiger partial charge in [-0.05, 0) is 55.8 Å². The van der Waals surface area contributed by atoms with Gasteiger partial charge >= 0.3 is 5.97 Å². The van der Waals surface area contributed by atoms with Crippen LogP contribution in [0.4, 0.5) is 11.4 Å². The summed E-state index contributed by atoms with van der Waals surface area (Å²) < 4.78 is 12.1. The summed E-state index contributed by atoms with van der Waals surface area (Å²) in [6.07, 6.45) is 0. The highest BCUT2D eigenvalue weighted by Crippen LogP contribution is 2.27. The van der Waals surface area contributed by atoms with Crippen molar-refractivity contribution in [3.8, 4) is 11.8 Å². The largest absolute Gasteiger partial charge is 0.497 e. The summed E-state index contributed by atoms with van der Waals surface area (Å²) in [5.41, 5.74) is 3.90. The van der Waals surface area contributed by atoms with E-state index in [1.54, 1.807) is 43.0 Å². The molecule has 3 rings (SSSR count). The van der Waals surface area contributed by atoms with Crippen LogP contribution in [0.5, 0.6) is 5.75 Å². The lowest BCUT2D eigenvalue weighted by Gasteiger charge is -2.11. The maximum absolute atomic E-state index is 12.7. The molecule has 1 heterocycles. The Labute approximate surface area is 169 Å². The fraction of sp³-hybridized carbons (Fsp3) is 0.227. The number of benzene rings is 2. The minimum Gasteiger partial charge on any atom is -0.497 e. The summed E-state index contributed by atoms with van der Waals surface area (Å²) in [5.74, 6) is 0.317. The molecule has 0 atom stereocenters. The van der Waals surface area contributed by atoms with Gasteiger partial charge in [0.25, 0.3) is 0 Å². The summed E-state index contributed by atoms with van der Waals surface area (Å²) in [7, 11) is 1.62. The Morgan fingerprint density at radius 3 is 2.45 bits per heavy atom. The summed E-state index contributed by atoms with van der Waals surface area (Å²) in [6, 6.07) is 16.7. The van der Waals surface area contributed by atoms with Crippen molar-refractivity contribution in [1.82, 2.24) is 9.78 Å². The van der Waals surface area contributed by atoms with Gasteiger partial charge < -0.3 is 14.8 Å². The minimum absolute atomic E-state index is 0.266. The molecule has 0 aliphatic carbocycles. The summed E-state index contributed by atoms with van der Waals surface area (Å²) in [6.45, 7) is 4.28. The molecule has 0 saturated carbocycles. The van der Waals surface area contributed by atoms with Gasteiger partial charge in [-0.25, -0.2) is 4.79 Å². The fourth-order valence-electron chi connectivity index (χ4n) is 2.93. The van der Waals surface area contributed by atoms with Crippen LogP contribution >= 0.6 is 0 Å². The van der Waals surface area contributed by atoms with Crippen LogP contribution in [0.1, 0.15) is 34.2 Å². The van der Waals surface area contributed by atoms with Gasteiger partial charge in [-0.3, -0.25) is 4.68 Å². The van der Waals surface area contributed by atoms with E-state index in [0.29, 0.717) is 29.2 Å². The van der Waals surface area contributed by atoms with Crippen LogP contribution in [0.25, 0.3) is 0 Å². The molecule has 0 bridgehead atoms. The van der Waals surface area contributed by atoms with E-state index in [1.165, 1.54) is 0 Å². The molecule has 1 aromatic heterocycles. The number of nitriles is 1. The van der Waals surface area contributed by atoms with Crippen molar-refractivity contribution in [1.29, 1.82) is 5.26 Å². The van der Waals surface area contributed by atoms with E-state index in [4.69, 9.17) is 14.7 Å². The van der Waals surface area contributed by atoms with Crippen LogP contribution in [0.2, 0.25) is 0 Å². The van der Waals surface area contributed by atoms with Crippen LogP contribution in [0, 0.1) is 18.3 Å². The highest BCUT2D eigenvalue weighted by molar-refractivity contribution is 5.95. The molecule has 2 aromatic carbocycles. The van der Waals surface area contributed by atoms with Crippen molar-refractivity contribution >= 4 is 17.3 Å². The Kier molecular flexibility index (Phi) is 6.15. The SMILES string of the molecule is CCOC(=O)c1c(Nc2ccc(C#N)cc2)c(C)nn1Cc1ccc(OC)cc1. The second-order valence-electron chi connectivity index (χ2n) is 6.35. The molecular weight excluding hydrogens is 368 g/mol. The summed E-state index contributed by atoms with van der Waals surface area (Å²) in [4.78, 5) is 12.7. The second-order valence-corrected chi connectivity index (χ2v) is 6.35. The van der Waals surface area contributed by atoms with Crippen LogP contribution in [0.15, 0.2) is 48.5 Å². The Bertz CT molecular complexity index is 1030. The number of nitrogens with zero attached hydrogens (tertiary/aromatic N) is 3. The quantitative estimate of drug-likeness (QED) is 0.613. The third kappa shape index (κ3) is 4.55. The van der Waals surface area contributed by atoms with Crippen molar-refractivity contribution in [2.24, 2.45) is 0 Å². The van der Waals surface area contributed by atoms with Crippen molar-refractivity contribution < 1.29 is 14.3 Å². The van der Waals surface area contributed by atoms with E-state index in [2.05, 4.69) is 16.5 Å². The predicted molar refractivity (Wildman–Crippen MR) is 109 cm³/mol. The molecule has 0 amide bonds. The maximum Gasteiger partial charge on any atom is 0.358 e. The number of aryl methyl sites for hydroxylation is 1. The van der Waals surface area contributed by atoms with Gasteiger partial charge in [0.1, 0.15) is 5.75 Å². The molecule has 0 spiro atoms. The average Bonchev–Trinajstić information content (AvgIpc) is 3.04. The number of aromatic nitrogens is 2. The molecule has 7 nitrogen and oxygen atoms in total. The number of esters is 1. The van der Waals surface area contributed by atoms with Gasteiger partial charge in [-0.1, -0.05) is 12.1 Å². The zero-order chi connectivity index (χ0) is 20.8. The van der Waals surface area contributed by atoms with E-state index in [1.807, 2.05) is 31.2 Å². The van der Waals surface area contributed by atoms with Crippen molar-refractivity contribution in [2.75, 3.05) is 19.0 Å². The number of carbonyl (C=O) groups is 1. The lowest BCUT2D eigenvalue weighted by atomic mass is 10.2. The van der Waals surface area contributed by atoms with E-state index in [-0.39, 0.29) is 6.61 Å². The fourth-order valence-corrected chi connectivity index (χ4v) is 2.93. The molecular formula is C22H22N4O3. The Morgan fingerprint density at radius 1 is 1.17 bits per heavy atom. The number of anilines is 2. The van der Waals surface area contributed by atoms with E-state index in [9.17, 15) is 4.79 Å². The van der Waals surface area contributed by atoms with E-state index in [0.717, 1.165) is 17.0 Å². The molecule has 7 heteroatoms. The first-order chi connectivity index (χ1) is 14.0. The van der Waals surface area contributed by atoms with Gasteiger partial charge in [0.15, 0.2) is 5.69 Å². The van der Waals surface area contributed by atoms with Crippen molar-refractivity contribution in [2.45, 2.75) is 20.4 Å². The predicted octanol–water partition coefficient (Wildman–Crippen LogP) is 4.04. The highest BCUT2D eigenvalue weighted by Gasteiger charge is 2.23. The van der Waals surface area contributed by atoms with Gasteiger partial charge in [-0.15, -0.1) is 0 Å². The zero-order valence-corrected chi connectivity index (χ0v) is 16.6. The number of ether oxygens (including phenoxy) is 2. The first-order valence-electron chi connectivity index (χ1n) is 9.20. The Balaban J connectivity index is 1.96. The summed E-state index contributed by atoms with van der Waals surface area (Å²) >= 11 is 0. The molecule has 0 radical (unpaired) electrons. The van der Waals surface area contributed by atoms with Crippen LogP contribution in [-0.2, 0) is 11.3 Å². The van der Waals surface area contributed by atoms with E-state index < -0.39 is 5.97 Å². The first-order valence-corrected chi connectivity index (χ1v) is 9.20. The number of methoxy groups -OCH3 is 1. The van der Waals surface area contributed by atoms with Gasteiger partial charge in [0, 0.05) is 5.69 Å². The molecule has 0 aliphatic heterocycles. The molecule has 3 aromatic rings. The topological polar surface area (TPSA) is 89.2 Å². The van der Waals surface area contributed by atoms with Crippen LogP contribution in [-0.4, -0.2) is 29.5 Å². The van der Waals surface area contributed by atoms with Crippen molar-refractivity contribution in [3.63, 3.8) is 0 Å². The second kappa shape index (κ2) is 8.93. The molecule has 29 heavy (non-hydrogen) atoms. The smallest absolute Gasteiger partial charge is 0.358 e. The minimum atomic E-state index is -0.447. The highest BCUT2D eigenvalue weighted by atomic mass is 16.5. The molecule has 1 N–H and O–H groups in total. The van der Waals surface area contributed by atoms with E-state index >= 15 is 0 Å². The number of carbonyl (C=O) groups excluding carboxylic acids is 1. The average molecular weight is 390 g/mol. The lowest BCUT2D eigenvalue weighted by molar-refractivity contribution is 0.0514. The third-order valence-corrected chi connectivity index (χ3v) is 4.37. The third-order valence-electron chi connectivity index (χ3n) is 4.37. The van der Waals surface area contributed by atoms with Crippen molar-refractivity contribution in [3.05, 3.63) is 71.0 Å². The lowest BCUT2D eigenvalue weighted by Crippen LogP contribution is -2.15. The van der Waals surface area contributed by atoms with Gasteiger partial charge in [0.2, 0.25) is 0 Å². The standard InChI is InChI=1S/C22H22N4O3/c1-4-29-22(27)21-20(24-18-9-5-16(13-23)6-10-18)15(2)25-26(21)14-17-7-11-19(28-3)12-8-17/h5-12,24H,4,14H2,1-3H3. The molecule has 148 valence electrons. The molecule has 0 unspecified atom stereocenters.